The monoisotopic (exact) mass is 480 g/mol. The molecule has 0 N–H and O–H groups in total. The van der Waals surface area contributed by atoms with Crippen LogP contribution in [0.1, 0.15) is 44.9 Å². The van der Waals surface area contributed by atoms with Gasteiger partial charge in [-0.2, -0.15) is 0 Å². The number of thioether (sulfide) groups is 1. The van der Waals surface area contributed by atoms with E-state index in [4.69, 9.17) is 14.2 Å². The molecule has 2 heterocycles. The van der Waals surface area contributed by atoms with Gasteiger partial charge in [-0.1, -0.05) is 48.2 Å². The first-order valence-electron chi connectivity index (χ1n) is 11.1. The molecule has 0 bridgehead atoms. The molecule has 2 unspecified atom stereocenters. The van der Waals surface area contributed by atoms with Gasteiger partial charge in [0.2, 0.25) is 5.91 Å². The Morgan fingerprint density at radius 3 is 2.56 bits per heavy atom. The lowest BCUT2D eigenvalue weighted by atomic mass is 9.94. The Bertz CT molecular complexity index is 1160. The highest BCUT2D eigenvalue weighted by molar-refractivity contribution is 8.15. The standard InChI is InChI=1S/C26H28N2O5S/c1-15(2)33-25(30)22-16(3)27-26-28(24(29)17(4)34-26)23(22)19-11-12-20(21(13-19)31-5)32-14-18-9-7-6-8-10-18/h6-13,15,17,23H,14H2,1-5H3. The number of hydrogen-bond donors (Lipinski definition) is 0. The minimum Gasteiger partial charge on any atom is -0.493 e. The first kappa shape index (κ1) is 23.9. The van der Waals surface area contributed by atoms with E-state index in [1.165, 1.54) is 11.8 Å². The third-order valence-corrected chi connectivity index (χ3v) is 6.62. The van der Waals surface area contributed by atoms with E-state index >= 15 is 0 Å². The third-order valence-electron chi connectivity index (χ3n) is 5.56. The van der Waals surface area contributed by atoms with Crippen LogP contribution in [0, 0.1) is 0 Å². The molecule has 2 atom stereocenters. The summed E-state index contributed by atoms with van der Waals surface area (Å²) >= 11 is 1.39. The highest BCUT2D eigenvalue weighted by Gasteiger charge is 2.46. The minimum absolute atomic E-state index is 0.0977. The quantitative estimate of drug-likeness (QED) is 0.526. The van der Waals surface area contributed by atoms with Gasteiger partial charge in [0.25, 0.3) is 0 Å². The van der Waals surface area contributed by atoms with Crippen molar-refractivity contribution >= 4 is 28.8 Å². The second-order valence-corrected chi connectivity index (χ2v) is 9.71. The Kier molecular flexibility index (Phi) is 6.97. The van der Waals surface area contributed by atoms with Crippen molar-refractivity contribution in [1.29, 1.82) is 0 Å². The van der Waals surface area contributed by atoms with Crippen molar-refractivity contribution in [3.8, 4) is 11.5 Å². The lowest BCUT2D eigenvalue weighted by molar-refractivity contribution is -0.143. The van der Waals surface area contributed by atoms with Crippen LogP contribution in [0.2, 0.25) is 0 Å². The molecule has 0 aromatic heterocycles. The van der Waals surface area contributed by atoms with Crippen molar-refractivity contribution in [2.75, 3.05) is 7.11 Å². The molecule has 2 aromatic rings. The van der Waals surface area contributed by atoms with Crippen molar-refractivity contribution in [1.82, 2.24) is 4.90 Å². The highest BCUT2D eigenvalue weighted by Crippen LogP contribution is 2.45. The van der Waals surface area contributed by atoms with Gasteiger partial charge in [0.05, 0.1) is 35.8 Å². The zero-order chi connectivity index (χ0) is 24.4. The van der Waals surface area contributed by atoms with E-state index in [2.05, 4.69) is 4.99 Å². The number of esters is 1. The zero-order valence-corrected chi connectivity index (χ0v) is 20.7. The normalized spacial score (nSPS) is 19.8. The van der Waals surface area contributed by atoms with Crippen molar-refractivity contribution in [2.45, 2.75) is 51.7 Å². The number of nitrogens with zero attached hydrogens (tertiary/aromatic N) is 2. The Balaban J connectivity index is 1.72. The molecule has 2 aromatic carbocycles. The molecule has 0 spiro atoms. The molecule has 4 rings (SSSR count). The van der Waals surface area contributed by atoms with Crippen LogP contribution in [-0.4, -0.2) is 40.4 Å². The number of carbonyl (C=O) groups excluding carboxylic acids is 2. The maximum atomic E-state index is 13.1. The Hall–Kier alpha value is -3.26. The van der Waals surface area contributed by atoms with Gasteiger partial charge >= 0.3 is 5.97 Å². The minimum atomic E-state index is -0.666. The van der Waals surface area contributed by atoms with E-state index < -0.39 is 12.0 Å². The number of hydrogen-bond acceptors (Lipinski definition) is 7. The average Bonchev–Trinajstić information content (AvgIpc) is 3.09. The van der Waals surface area contributed by atoms with Crippen molar-refractivity contribution in [2.24, 2.45) is 4.99 Å². The number of fused-ring (bicyclic) bond motifs is 1. The van der Waals surface area contributed by atoms with Gasteiger partial charge in [-0.3, -0.25) is 9.69 Å². The molecule has 1 amide bonds. The Morgan fingerprint density at radius 1 is 1.15 bits per heavy atom. The average molecular weight is 481 g/mol. The summed E-state index contributed by atoms with van der Waals surface area (Å²) in [6.07, 6.45) is -0.301. The Labute approximate surface area is 203 Å². The van der Waals surface area contributed by atoms with Crippen molar-refractivity contribution in [3.05, 3.63) is 70.9 Å². The summed E-state index contributed by atoms with van der Waals surface area (Å²) in [5.74, 6) is 0.502. The topological polar surface area (TPSA) is 77.4 Å². The second-order valence-electron chi connectivity index (χ2n) is 8.40. The molecule has 2 aliphatic rings. The van der Waals surface area contributed by atoms with Crippen LogP contribution in [0.5, 0.6) is 11.5 Å². The second kappa shape index (κ2) is 9.93. The molecule has 178 valence electrons. The van der Waals surface area contributed by atoms with E-state index in [-0.39, 0.29) is 17.3 Å². The number of aliphatic imine (C=N–C) groups is 1. The van der Waals surface area contributed by atoms with Crippen LogP contribution < -0.4 is 9.47 Å². The van der Waals surface area contributed by atoms with Gasteiger partial charge in [-0.15, -0.1) is 0 Å². The smallest absolute Gasteiger partial charge is 0.338 e. The molecule has 0 saturated carbocycles. The molecule has 2 aliphatic heterocycles. The number of methoxy groups -OCH3 is 1. The molecule has 7 nitrogen and oxygen atoms in total. The number of rotatable bonds is 7. The van der Waals surface area contributed by atoms with Crippen molar-refractivity contribution < 1.29 is 23.8 Å². The first-order chi connectivity index (χ1) is 16.3. The van der Waals surface area contributed by atoms with Crippen LogP contribution in [0.25, 0.3) is 0 Å². The summed E-state index contributed by atoms with van der Waals surface area (Å²) in [5.41, 5.74) is 2.64. The van der Waals surface area contributed by atoms with Gasteiger partial charge in [-0.25, -0.2) is 9.79 Å². The molecule has 34 heavy (non-hydrogen) atoms. The lowest BCUT2D eigenvalue weighted by Gasteiger charge is -2.33. The van der Waals surface area contributed by atoms with Gasteiger partial charge in [-0.05, 0) is 51.0 Å². The van der Waals surface area contributed by atoms with Crippen LogP contribution in [0.3, 0.4) is 0 Å². The van der Waals surface area contributed by atoms with Gasteiger partial charge in [0.15, 0.2) is 16.7 Å². The summed E-state index contributed by atoms with van der Waals surface area (Å²) in [7, 11) is 1.57. The lowest BCUT2D eigenvalue weighted by Crippen LogP contribution is -2.40. The fourth-order valence-electron chi connectivity index (χ4n) is 3.97. The van der Waals surface area contributed by atoms with Gasteiger partial charge < -0.3 is 14.2 Å². The van der Waals surface area contributed by atoms with E-state index in [1.54, 1.807) is 38.8 Å². The van der Waals surface area contributed by atoms with Crippen LogP contribution in [0.4, 0.5) is 0 Å². The Morgan fingerprint density at radius 2 is 1.88 bits per heavy atom. The predicted octanol–water partition coefficient (Wildman–Crippen LogP) is 4.87. The van der Waals surface area contributed by atoms with Crippen molar-refractivity contribution in [3.63, 3.8) is 0 Å². The highest BCUT2D eigenvalue weighted by atomic mass is 32.2. The number of amides is 1. The zero-order valence-electron chi connectivity index (χ0n) is 19.9. The number of allylic oxidation sites excluding steroid dienone is 1. The molecule has 1 saturated heterocycles. The van der Waals surface area contributed by atoms with Crippen LogP contribution in [-0.2, 0) is 20.9 Å². The predicted molar refractivity (Wildman–Crippen MR) is 132 cm³/mol. The summed E-state index contributed by atoms with van der Waals surface area (Å²) < 4.78 is 17.1. The number of carbonyl (C=O) groups is 2. The first-order valence-corrected chi connectivity index (χ1v) is 12.0. The number of amidine groups is 1. The molecular formula is C26H28N2O5S. The van der Waals surface area contributed by atoms with Gasteiger partial charge in [0.1, 0.15) is 6.61 Å². The fourth-order valence-corrected chi connectivity index (χ4v) is 4.99. The number of ether oxygens (including phenoxy) is 3. The maximum absolute atomic E-state index is 13.1. The van der Waals surface area contributed by atoms with E-state index in [9.17, 15) is 9.59 Å². The maximum Gasteiger partial charge on any atom is 0.338 e. The summed E-state index contributed by atoms with van der Waals surface area (Å²) in [6.45, 7) is 7.59. The molecule has 8 heteroatoms. The molecule has 1 fully saturated rings. The van der Waals surface area contributed by atoms with E-state index in [0.29, 0.717) is 34.5 Å². The van der Waals surface area contributed by atoms with E-state index in [1.807, 2.05) is 49.4 Å². The fraction of sp³-hybridized carbons (Fsp3) is 0.346. The van der Waals surface area contributed by atoms with Crippen LogP contribution in [0.15, 0.2) is 64.8 Å². The molecular weight excluding hydrogens is 452 g/mol. The number of benzene rings is 2. The van der Waals surface area contributed by atoms with Crippen LogP contribution >= 0.6 is 11.8 Å². The largest absolute Gasteiger partial charge is 0.493 e. The SMILES string of the molecule is COc1cc(C2C(C(=O)OC(C)C)=C(C)N=C3SC(C)C(=O)N32)ccc1OCc1ccccc1. The van der Waals surface area contributed by atoms with E-state index in [0.717, 1.165) is 11.1 Å². The third kappa shape index (κ3) is 4.68. The summed E-state index contributed by atoms with van der Waals surface area (Å²) in [6, 6.07) is 14.7. The molecule has 0 aliphatic carbocycles. The summed E-state index contributed by atoms with van der Waals surface area (Å²) in [5, 5.41) is 0.300. The summed E-state index contributed by atoms with van der Waals surface area (Å²) in [4.78, 5) is 32.4. The van der Waals surface area contributed by atoms with Gasteiger partial charge in [0, 0.05) is 0 Å². The molecule has 0 radical (unpaired) electrons.